The number of amides is 1. The molecule has 156 valence electrons. The maximum absolute atomic E-state index is 12.8. The average molecular weight is 418 g/mol. The van der Waals surface area contributed by atoms with E-state index in [1.54, 1.807) is 6.07 Å². The van der Waals surface area contributed by atoms with Gasteiger partial charge in [0.05, 0.1) is 5.39 Å². The van der Waals surface area contributed by atoms with Gasteiger partial charge in [-0.2, -0.15) is 0 Å². The topological polar surface area (TPSA) is 86.1 Å². The number of nitrogens with zero attached hydrogens (tertiary/aromatic N) is 3. The maximum atomic E-state index is 12.8. The Morgan fingerprint density at radius 1 is 1.17 bits per heavy atom. The van der Waals surface area contributed by atoms with Crippen LogP contribution in [-0.2, 0) is 24.2 Å². The first-order valence-electron chi connectivity index (χ1n) is 9.32. The van der Waals surface area contributed by atoms with E-state index in [-0.39, 0.29) is 17.8 Å². The minimum atomic E-state index is -4.79. The van der Waals surface area contributed by atoms with Crippen LogP contribution in [0.3, 0.4) is 0 Å². The second-order valence-corrected chi connectivity index (χ2v) is 6.97. The van der Waals surface area contributed by atoms with Gasteiger partial charge in [0, 0.05) is 11.4 Å². The number of benzene rings is 1. The molecule has 0 atom stereocenters. The fourth-order valence-electron chi connectivity index (χ4n) is 3.42. The summed E-state index contributed by atoms with van der Waals surface area (Å²) in [5, 5.41) is 2.89. The quantitative estimate of drug-likeness (QED) is 0.703. The van der Waals surface area contributed by atoms with Gasteiger partial charge in [0.1, 0.15) is 18.6 Å². The minimum absolute atomic E-state index is 0.270. The molecule has 1 aromatic carbocycles. The first-order chi connectivity index (χ1) is 14.3. The number of hydrogen-bond acceptors (Lipinski definition) is 5. The molecular weight excluding hydrogens is 401 g/mol. The number of ether oxygens (including phenoxy) is 1. The molecule has 7 nitrogen and oxygen atoms in total. The molecule has 0 spiro atoms. The van der Waals surface area contributed by atoms with Crippen LogP contribution in [0.4, 0.5) is 18.9 Å². The van der Waals surface area contributed by atoms with Crippen LogP contribution in [0.25, 0.3) is 11.0 Å². The monoisotopic (exact) mass is 418 g/mol. The first-order valence-corrected chi connectivity index (χ1v) is 9.32. The van der Waals surface area contributed by atoms with Gasteiger partial charge in [0.25, 0.3) is 5.56 Å². The van der Waals surface area contributed by atoms with E-state index in [1.165, 1.54) is 23.0 Å². The molecule has 0 radical (unpaired) electrons. The van der Waals surface area contributed by atoms with Crippen molar-refractivity contribution in [2.45, 2.75) is 38.6 Å². The third kappa shape index (κ3) is 4.42. The van der Waals surface area contributed by atoms with Crippen molar-refractivity contribution in [3.8, 4) is 5.75 Å². The summed E-state index contributed by atoms with van der Waals surface area (Å²) in [6.45, 7) is -0.292. The number of aromatic nitrogens is 3. The lowest BCUT2D eigenvalue weighted by Gasteiger charge is -2.15. The van der Waals surface area contributed by atoms with Crippen LogP contribution in [0.15, 0.2) is 41.5 Å². The van der Waals surface area contributed by atoms with Gasteiger partial charge in [-0.1, -0.05) is 0 Å². The Balaban J connectivity index is 1.49. The number of carbonyl (C=O) groups is 1. The lowest BCUT2D eigenvalue weighted by Crippen LogP contribution is -2.28. The lowest BCUT2D eigenvalue weighted by molar-refractivity contribution is -0.274. The summed E-state index contributed by atoms with van der Waals surface area (Å²) >= 11 is 0. The van der Waals surface area contributed by atoms with E-state index in [4.69, 9.17) is 0 Å². The predicted octanol–water partition coefficient (Wildman–Crippen LogP) is 3.21. The minimum Gasteiger partial charge on any atom is -0.406 e. The highest BCUT2D eigenvalue weighted by Gasteiger charge is 2.31. The Morgan fingerprint density at radius 3 is 2.63 bits per heavy atom. The summed E-state index contributed by atoms with van der Waals surface area (Å²) < 4.78 is 41.6. The number of nitrogens with one attached hydrogen (secondary N) is 1. The van der Waals surface area contributed by atoms with Gasteiger partial charge >= 0.3 is 6.36 Å². The average Bonchev–Trinajstić information content (AvgIpc) is 2.69. The third-order valence-electron chi connectivity index (χ3n) is 4.78. The predicted molar refractivity (Wildman–Crippen MR) is 102 cm³/mol. The molecule has 0 unspecified atom stereocenters. The van der Waals surface area contributed by atoms with Gasteiger partial charge < -0.3 is 10.1 Å². The van der Waals surface area contributed by atoms with Crippen molar-refractivity contribution >= 4 is 22.6 Å². The second kappa shape index (κ2) is 7.77. The standard InChI is InChI=1S/C20H17F3N4O3/c21-20(22,23)30-14-7-5-13(6-8-14)25-17(28)10-27-11-24-18-15(19(27)29)9-12-3-1-2-4-16(12)26-18/h5-9,11H,1-4,10H2,(H,25,28). The number of aryl methyl sites for hydroxylation is 2. The summed E-state index contributed by atoms with van der Waals surface area (Å²) in [7, 11) is 0. The Bertz CT molecular complexity index is 1160. The zero-order chi connectivity index (χ0) is 21.3. The van der Waals surface area contributed by atoms with Crippen molar-refractivity contribution in [3.63, 3.8) is 0 Å². The van der Waals surface area contributed by atoms with Crippen LogP contribution in [-0.4, -0.2) is 26.8 Å². The fourth-order valence-corrected chi connectivity index (χ4v) is 3.42. The molecule has 0 saturated carbocycles. The van der Waals surface area contributed by atoms with Crippen LogP contribution in [0, 0.1) is 0 Å². The molecule has 4 rings (SSSR count). The summed E-state index contributed by atoms with van der Waals surface area (Å²) in [4.78, 5) is 33.7. The molecule has 0 saturated heterocycles. The number of pyridine rings is 1. The third-order valence-corrected chi connectivity index (χ3v) is 4.78. The smallest absolute Gasteiger partial charge is 0.406 e. The summed E-state index contributed by atoms with van der Waals surface area (Å²) in [5.41, 5.74) is 2.26. The number of carbonyl (C=O) groups excluding carboxylic acids is 1. The highest BCUT2D eigenvalue weighted by molar-refractivity contribution is 5.90. The molecule has 1 N–H and O–H groups in total. The number of fused-ring (bicyclic) bond motifs is 2. The van der Waals surface area contributed by atoms with Crippen molar-refractivity contribution in [2.75, 3.05) is 5.32 Å². The van der Waals surface area contributed by atoms with Gasteiger partial charge in [-0.05, 0) is 61.6 Å². The number of halogens is 3. The van der Waals surface area contributed by atoms with Crippen LogP contribution in [0.2, 0.25) is 0 Å². The van der Waals surface area contributed by atoms with Gasteiger partial charge in [0.2, 0.25) is 5.91 Å². The zero-order valence-corrected chi connectivity index (χ0v) is 15.7. The summed E-state index contributed by atoms with van der Waals surface area (Å²) in [5.74, 6) is -0.917. The highest BCUT2D eigenvalue weighted by Crippen LogP contribution is 2.24. The normalized spacial score (nSPS) is 13.7. The summed E-state index contributed by atoms with van der Waals surface area (Å²) in [6.07, 6.45) is 0.318. The molecule has 1 amide bonds. The lowest BCUT2D eigenvalue weighted by atomic mass is 9.95. The molecule has 1 aliphatic rings. The Hall–Kier alpha value is -3.43. The van der Waals surface area contributed by atoms with Crippen molar-refractivity contribution in [2.24, 2.45) is 0 Å². The Morgan fingerprint density at radius 2 is 1.90 bits per heavy atom. The molecule has 10 heteroatoms. The fraction of sp³-hybridized carbons (Fsp3) is 0.300. The van der Waals surface area contributed by atoms with Crippen LogP contribution in [0.1, 0.15) is 24.1 Å². The maximum Gasteiger partial charge on any atom is 0.573 e. The van der Waals surface area contributed by atoms with Crippen LogP contribution >= 0.6 is 0 Å². The Labute approximate surface area is 168 Å². The molecule has 30 heavy (non-hydrogen) atoms. The van der Waals surface area contributed by atoms with Crippen LogP contribution in [0.5, 0.6) is 5.75 Å². The van der Waals surface area contributed by atoms with E-state index in [0.717, 1.165) is 49.1 Å². The number of anilines is 1. The van der Waals surface area contributed by atoms with Gasteiger partial charge in [-0.3, -0.25) is 14.2 Å². The van der Waals surface area contributed by atoms with E-state index in [2.05, 4.69) is 20.0 Å². The van der Waals surface area contributed by atoms with E-state index >= 15 is 0 Å². The van der Waals surface area contributed by atoms with Gasteiger partial charge in [-0.25, -0.2) is 9.97 Å². The molecule has 0 fully saturated rings. The molecule has 0 aliphatic heterocycles. The van der Waals surface area contributed by atoms with E-state index < -0.39 is 18.0 Å². The SMILES string of the molecule is O=C(Cn1cnc2nc3c(cc2c1=O)CCCC3)Nc1ccc(OC(F)(F)F)cc1. The molecule has 3 aromatic rings. The number of hydrogen-bond donors (Lipinski definition) is 1. The van der Waals surface area contributed by atoms with Gasteiger partial charge in [-0.15, -0.1) is 13.2 Å². The molecule has 2 heterocycles. The van der Waals surface area contributed by atoms with Crippen molar-refractivity contribution < 1.29 is 22.7 Å². The highest BCUT2D eigenvalue weighted by atomic mass is 19.4. The van der Waals surface area contributed by atoms with Gasteiger partial charge in [0.15, 0.2) is 5.65 Å². The van der Waals surface area contributed by atoms with Crippen molar-refractivity contribution in [1.82, 2.24) is 14.5 Å². The van der Waals surface area contributed by atoms with E-state index in [0.29, 0.717) is 11.0 Å². The molecule has 1 aliphatic carbocycles. The van der Waals surface area contributed by atoms with Crippen LogP contribution < -0.4 is 15.6 Å². The first kappa shape index (κ1) is 19.9. The second-order valence-electron chi connectivity index (χ2n) is 6.97. The van der Waals surface area contributed by atoms with E-state index in [9.17, 15) is 22.8 Å². The Kier molecular flexibility index (Phi) is 5.15. The number of alkyl halides is 3. The zero-order valence-electron chi connectivity index (χ0n) is 15.7. The van der Waals surface area contributed by atoms with Crippen molar-refractivity contribution in [3.05, 3.63) is 58.3 Å². The summed E-state index contributed by atoms with van der Waals surface area (Å²) in [6, 6.07) is 6.52. The van der Waals surface area contributed by atoms with Crippen molar-refractivity contribution in [1.29, 1.82) is 0 Å². The molecular formula is C20H17F3N4O3. The van der Waals surface area contributed by atoms with E-state index in [1.807, 2.05) is 0 Å². The largest absolute Gasteiger partial charge is 0.573 e. The molecule has 2 aromatic heterocycles. The molecule has 0 bridgehead atoms. The number of rotatable bonds is 4.